The number of imide groups is 1. The molecule has 3 amide bonds. The van der Waals surface area contributed by atoms with Gasteiger partial charge < -0.3 is 10.1 Å². The number of thioether (sulfide) groups is 1. The van der Waals surface area contributed by atoms with Crippen molar-refractivity contribution in [1.82, 2.24) is 10.2 Å². The molecular weight excluding hydrogens is 367 g/mol. The second kappa shape index (κ2) is 7.23. The van der Waals surface area contributed by atoms with Gasteiger partial charge in [-0.3, -0.25) is 9.69 Å². The third-order valence-electron chi connectivity index (χ3n) is 4.85. The molecule has 0 aliphatic carbocycles. The maximum absolute atomic E-state index is 12.9. The van der Waals surface area contributed by atoms with Gasteiger partial charge in [0.2, 0.25) is 0 Å². The highest BCUT2D eigenvalue weighted by molar-refractivity contribution is 7.99. The number of amides is 3. The lowest BCUT2D eigenvalue weighted by Crippen LogP contribution is -2.46. The van der Waals surface area contributed by atoms with Crippen molar-refractivity contribution >= 4 is 23.7 Å². The molecule has 0 bridgehead atoms. The number of urea groups is 1. The molecule has 2 heterocycles. The van der Waals surface area contributed by atoms with E-state index in [1.165, 1.54) is 17.0 Å². The zero-order chi connectivity index (χ0) is 18.9. The lowest BCUT2D eigenvalue weighted by atomic mass is 9.99. The van der Waals surface area contributed by atoms with Gasteiger partial charge in [-0.05, 0) is 47.6 Å². The molecule has 1 N–H and O–H groups in total. The minimum absolute atomic E-state index is 0.130. The SMILES string of the molecule is O=C1NC2(CCSC2)C(=O)N1Cc1ccc(OCc2ccc(F)cc2)cc1. The number of rotatable bonds is 5. The highest BCUT2D eigenvalue weighted by atomic mass is 32.2. The number of hydrogen-bond donors (Lipinski definition) is 1. The smallest absolute Gasteiger partial charge is 0.325 e. The summed E-state index contributed by atoms with van der Waals surface area (Å²) in [5.41, 5.74) is 1.02. The summed E-state index contributed by atoms with van der Waals surface area (Å²) >= 11 is 1.69. The molecular formula is C20H19FN2O3S. The van der Waals surface area contributed by atoms with Crippen molar-refractivity contribution in [3.63, 3.8) is 0 Å². The van der Waals surface area contributed by atoms with Crippen molar-refractivity contribution in [1.29, 1.82) is 0 Å². The molecule has 1 unspecified atom stereocenters. The van der Waals surface area contributed by atoms with Gasteiger partial charge in [0.1, 0.15) is 23.7 Å². The van der Waals surface area contributed by atoms with E-state index in [1.807, 2.05) is 12.1 Å². The van der Waals surface area contributed by atoms with E-state index in [4.69, 9.17) is 4.74 Å². The Hall–Kier alpha value is -2.54. The zero-order valence-electron chi connectivity index (χ0n) is 14.6. The summed E-state index contributed by atoms with van der Waals surface area (Å²) in [4.78, 5) is 26.2. The van der Waals surface area contributed by atoms with E-state index in [1.54, 1.807) is 36.0 Å². The monoisotopic (exact) mass is 386 g/mol. The molecule has 1 atom stereocenters. The fourth-order valence-corrected chi connectivity index (χ4v) is 4.60. The summed E-state index contributed by atoms with van der Waals surface area (Å²) in [6.45, 7) is 0.585. The van der Waals surface area contributed by atoms with Crippen molar-refractivity contribution in [3.05, 3.63) is 65.5 Å². The van der Waals surface area contributed by atoms with Gasteiger partial charge in [0, 0.05) is 5.75 Å². The largest absolute Gasteiger partial charge is 0.489 e. The highest BCUT2D eigenvalue weighted by Gasteiger charge is 2.52. The summed E-state index contributed by atoms with van der Waals surface area (Å²) in [5.74, 6) is 1.80. The van der Waals surface area contributed by atoms with Gasteiger partial charge in [-0.15, -0.1) is 0 Å². The molecule has 2 fully saturated rings. The molecule has 1 spiro atoms. The lowest BCUT2D eigenvalue weighted by molar-refractivity contribution is -0.130. The number of hydrogen-bond acceptors (Lipinski definition) is 4. The topological polar surface area (TPSA) is 58.6 Å². The van der Waals surface area contributed by atoms with Crippen LogP contribution in [0.4, 0.5) is 9.18 Å². The van der Waals surface area contributed by atoms with Crippen molar-refractivity contribution in [2.75, 3.05) is 11.5 Å². The Balaban J connectivity index is 1.37. The Kier molecular flexibility index (Phi) is 4.78. The Labute approximate surface area is 160 Å². The fourth-order valence-electron chi connectivity index (χ4n) is 3.27. The van der Waals surface area contributed by atoms with Crippen LogP contribution in [0.2, 0.25) is 0 Å². The predicted molar refractivity (Wildman–Crippen MR) is 101 cm³/mol. The van der Waals surface area contributed by atoms with Crippen LogP contribution in [0.1, 0.15) is 17.5 Å². The second-order valence-electron chi connectivity index (χ2n) is 6.77. The molecule has 2 aliphatic rings. The first-order valence-corrected chi connectivity index (χ1v) is 9.89. The average molecular weight is 386 g/mol. The van der Waals surface area contributed by atoms with Gasteiger partial charge in [0.25, 0.3) is 5.91 Å². The van der Waals surface area contributed by atoms with Gasteiger partial charge >= 0.3 is 6.03 Å². The minimum atomic E-state index is -0.708. The quantitative estimate of drug-likeness (QED) is 0.801. The number of nitrogens with zero attached hydrogens (tertiary/aromatic N) is 1. The van der Waals surface area contributed by atoms with E-state index in [0.717, 1.165) is 16.9 Å². The van der Waals surface area contributed by atoms with Crippen LogP contribution in [-0.4, -0.2) is 33.9 Å². The molecule has 5 nitrogen and oxygen atoms in total. The van der Waals surface area contributed by atoms with Crippen molar-refractivity contribution in [2.45, 2.75) is 25.1 Å². The first-order chi connectivity index (χ1) is 13.1. The van der Waals surface area contributed by atoms with E-state index in [9.17, 15) is 14.0 Å². The van der Waals surface area contributed by atoms with E-state index in [0.29, 0.717) is 24.5 Å². The summed E-state index contributed by atoms with van der Waals surface area (Å²) in [7, 11) is 0. The summed E-state index contributed by atoms with van der Waals surface area (Å²) in [6.07, 6.45) is 0.689. The molecule has 2 aromatic carbocycles. The fraction of sp³-hybridized carbons (Fsp3) is 0.300. The molecule has 0 saturated carbocycles. The number of carbonyl (C=O) groups is 2. The third kappa shape index (κ3) is 3.64. The lowest BCUT2D eigenvalue weighted by Gasteiger charge is -2.19. The first-order valence-electron chi connectivity index (χ1n) is 8.74. The normalized spacial score (nSPS) is 21.7. The van der Waals surface area contributed by atoms with Gasteiger partial charge in [-0.1, -0.05) is 24.3 Å². The predicted octanol–water partition coefficient (Wildman–Crippen LogP) is 3.33. The van der Waals surface area contributed by atoms with Gasteiger partial charge in [-0.2, -0.15) is 11.8 Å². The molecule has 0 aromatic heterocycles. The first kappa shape index (κ1) is 17.9. The Bertz CT molecular complexity index is 849. The van der Waals surface area contributed by atoms with Gasteiger partial charge in [-0.25, -0.2) is 9.18 Å². The molecule has 4 rings (SSSR count). The Morgan fingerprint density at radius 1 is 1.07 bits per heavy atom. The zero-order valence-corrected chi connectivity index (χ0v) is 15.4. The van der Waals surface area contributed by atoms with Crippen LogP contribution in [0, 0.1) is 5.82 Å². The Morgan fingerprint density at radius 3 is 2.44 bits per heavy atom. The van der Waals surface area contributed by atoms with E-state index < -0.39 is 5.54 Å². The second-order valence-corrected chi connectivity index (χ2v) is 7.87. The van der Waals surface area contributed by atoms with Crippen molar-refractivity contribution in [2.24, 2.45) is 0 Å². The molecule has 2 aliphatic heterocycles. The average Bonchev–Trinajstić information content (AvgIpc) is 3.23. The number of benzene rings is 2. The van der Waals surface area contributed by atoms with Crippen LogP contribution < -0.4 is 10.1 Å². The van der Waals surface area contributed by atoms with Crippen LogP contribution >= 0.6 is 11.8 Å². The van der Waals surface area contributed by atoms with Gasteiger partial charge in [0.05, 0.1) is 6.54 Å². The number of ether oxygens (including phenoxy) is 1. The Morgan fingerprint density at radius 2 is 1.78 bits per heavy atom. The molecule has 0 radical (unpaired) electrons. The molecule has 2 saturated heterocycles. The molecule has 140 valence electrons. The van der Waals surface area contributed by atoms with Crippen LogP contribution in [0.15, 0.2) is 48.5 Å². The standard InChI is InChI=1S/C20H19FN2O3S/c21-16-5-1-15(2-6-16)12-26-17-7-3-14(4-8-17)11-23-18(24)20(22-19(23)25)9-10-27-13-20/h1-8H,9-13H2,(H,22,25). The highest BCUT2D eigenvalue weighted by Crippen LogP contribution is 2.34. The van der Waals surface area contributed by atoms with Gasteiger partial charge in [0.15, 0.2) is 0 Å². The number of nitrogens with one attached hydrogen (secondary N) is 1. The third-order valence-corrected chi connectivity index (χ3v) is 6.04. The van der Waals surface area contributed by atoms with Crippen LogP contribution in [0.25, 0.3) is 0 Å². The van der Waals surface area contributed by atoms with Crippen LogP contribution in [-0.2, 0) is 17.9 Å². The minimum Gasteiger partial charge on any atom is -0.489 e. The summed E-state index contributed by atoms with van der Waals surface area (Å²) in [5, 5.41) is 2.87. The van der Waals surface area contributed by atoms with E-state index in [-0.39, 0.29) is 24.3 Å². The van der Waals surface area contributed by atoms with Crippen LogP contribution in [0.3, 0.4) is 0 Å². The van der Waals surface area contributed by atoms with Crippen LogP contribution in [0.5, 0.6) is 5.75 Å². The number of carbonyl (C=O) groups excluding carboxylic acids is 2. The van der Waals surface area contributed by atoms with Crippen molar-refractivity contribution < 1.29 is 18.7 Å². The van der Waals surface area contributed by atoms with E-state index >= 15 is 0 Å². The summed E-state index contributed by atoms with van der Waals surface area (Å²) < 4.78 is 18.6. The molecule has 7 heteroatoms. The maximum atomic E-state index is 12.9. The molecule has 27 heavy (non-hydrogen) atoms. The number of halogens is 1. The maximum Gasteiger partial charge on any atom is 0.325 e. The van der Waals surface area contributed by atoms with Crippen molar-refractivity contribution in [3.8, 4) is 5.75 Å². The van der Waals surface area contributed by atoms with E-state index in [2.05, 4.69) is 5.32 Å². The molecule has 2 aromatic rings. The summed E-state index contributed by atoms with van der Waals surface area (Å²) in [6, 6.07) is 13.1.